The predicted molar refractivity (Wildman–Crippen MR) is 96.3 cm³/mol. The Morgan fingerprint density at radius 3 is 3.04 bits per heavy atom. The molecule has 2 atom stereocenters. The van der Waals surface area contributed by atoms with E-state index in [1.807, 2.05) is 0 Å². The first kappa shape index (κ1) is 16.6. The van der Waals surface area contributed by atoms with Gasteiger partial charge in [0.25, 0.3) is 0 Å². The largest absolute Gasteiger partial charge is 0.371 e. The van der Waals surface area contributed by atoms with Crippen LogP contribution in [0.5, 0.6) is 0 Å². The zero-order valence-corrected chi connectivity index (χ0v) is 15.2. The summed E-state index contributed by atoms with van der Waals surface area (Å²) in [7, 11) is 0. The summed E-state index contributed by atoms with van der Waals surface area (Å²) < 4.78 is 5.87. The van der Waals surface area contributed by atoms with E-state index < -0.39 is 0 Å². The van der Waals surface area contributed by atoms with Crippen molar-refractivity contribution in [3.8, 4) is 0 Å². The molecule has 0 spiro atoms. The van der Waals surface area contributed by atoms with Gasteiger partial charge in [-0.15, -0.1) is 11.3 Å². The van der Waals surface area contributed by atoms with Crippen molar-refractivity contribution in [1.82, 2.24) is 10.2 Å². The topological polar surface area (TPSA) is 41.6 Å². The third-order valence-corrected chi connectivity index (χ3v) is 6.91. The molecule has 4 rings (SSSR count). The molecule has 1 aromatic rings. The smallest absolute Gasteiger partial charge is 0.224 e. The number of fused-ring (bicyclic) bond motifs is 1. The van der Waals surface area contributed by atoms with Crippen LogP contribution in [-0.4, -0.2) is 43.1 Å². The molecule has 0 radical (unpaired) electrons. The van der Waals surface area contributed by atoms with E-state index in [1.54, 1.807) is 11.3 Å². The lowest BCUT2D eigenvalue weighted by molar-refractivity contribution is -0.125. The lowest BCUT2D eigenvalue weighted by Gasteiger charge is -2.31. The van der Waals surface area contributed by atoms with Crippen LogP contribution in [0.2, 0.25) is 0 Å². The number of rotatable bonds is 4. The van der Waals surface area contributed by atoms with E-state index >= 15 is 0 Å². The summed E-state index contributed by atoms with van der Waals surface area (Å²) in [5.74, 6) is 0.386. The van der Waals surface area contributed by atoms with Crippen LogP contribution < -0.4 is 5.32 Å². The van der Waals surface area contributed by atoms with Crippen LogP contribution in [0.15, 0.2) is 11.4 Å². The fourth-order valence-electron chi connectivity index (χ4n) is 4.51. The highest BCUT2D eigenvalue weighted by Crippen LogP contribution is 2.31. The van der Waals surface area contributed by atoms with Crippen LogP contribution in [0.25, 0.3) is 0 Å². The van der Waals surface area contributed by atoms with Crippen LogP contribution >= 0.6 is 11.3 Å². The summed E-state index contributed by atoms with van der Waals surface area (Å²) in [5.41, 5.74) is 1.28. The van der Waals surface area contributed by atoms with Gasteiger partial charge in [-0.05, 0) is 42.8 Å². The van der Waals surface area contributed by atoms with Crippen LogP contribution in [0, 0.1) is 5.92 Å². The molecular weight excluding hydrogens is 320 g/mol. The zero-order chi connectivity index (χ0) is 16.4. The molecule has 1 saturated heterocycles. The first-order valence-corrected chi connectivity index (χ1v) is 10.4. The Kier molecular flexibility index (Phi) is 5.20. The van der Waals surface area contributed by atoms with Gasteiger partial charge >= 0.3 is 0 Å². The maximum Gasteiger partial charge on any atom is 0.224 e. The van der Waals surface area contributed by atoms with E-state index in [9.17, 15) is 4.79 Å². The van der Waals surface area contributed by atoms with Crippen LogP contribution in [-0.2, 0) is 16.0 Å². The van der Waals surface area contributed by atoms with Crippen molar-refractivity contribution in [3.05, 3.63) is 21.9 Å². The molecule has 4 nitrogen and oxygen atoms in total. The highest BCUT2D eigenvalue weighted by atomic mass is 32.1. The minimum absolute atomic E-state index is 0.0415. The molecule has 3 aliphatic rings. The van der Waals surface area contributed by atoms with Gasteiger partial charge in [0.2, 0.25) is 5.91 Å². The number of hydrogen-bond donors (Lipinski definition) is 1. The van der Waals surface area contributed by atoms with Gasteiger partial charge in [-0.25, -0.2) is 0 Å². The molecule has 0 bridgehead atoms. The number of carbonyl (C=O) groups is 1. The van der Waals surface area contributed by atoms with E-state index in [4.69, 9.17) is 4.74 Å². The third-order valence-electron chi connectivity index (χ3n) is 5.92. The molecule has 1 aromatic heterocycles. The Balaban J connectivity index is 1.27. The van der Waals surface area contributed by atoms with Crippen LogP contribution in [0.3, 0.4) is 0 Å². The second-order valence-electron chi connectivity index (χ2n) is 7.43. The molecule has 132 valence electrons. The van der Waals surface area contributed by atoms with Gasteiger partial charge in [0.1, 0.15) is 6.10 Å². The maximum atomic E-state index is 12.6. The number of carbonyl (C=O) groups excluding carboxylic acids is 1. The molecule has 1 saturated carbocycles. The van der Waals surface area contributed by atoms with Crippen molar-refractivity contribution in [1.29, 1.82) is 0 Å². The average Bonchev–Trinajstić information content (AvgIpc) is 3.30. The zero-order valence-electron chi connectivity index (χ0n) is 14.3. The first-order chi connectivity index (χ1) is 11.8. The average molecular weight is 349 g/mol. The highest BCUT2D eigenvalue weighted by Gasteiger charge is 2.33. The molecule has 5 heteroatoms. The Morgan fingerprint density at radius 2 is 2.17 bits per heavy atom. The Labute approximate surface area is 148 Å². The van der Waals surface area contributed by atoms with Crippen molar-refractivity contribution < 1.29 is 9.53 Å². The van der Waals surface area contributed by atoms with E-state index in [2.05, 4.69) is 21.7 Å². The normalized spacial score (nSPS) is 28.7. The second kappa shape index (κ2) is 7.54. The molecule has 24 heavy (non-hydrogen) atoms. The Bertz CT molecular complexity index is 567. The summed E-state index contributed by atoms with van der Waals surface area (Å²) in [6, 6.07) is 2.88. The highest BCUT2D eigenvalue weighted by molar-refractivity contribution is 7.10. The summed E-state index contributed by atoms with van der Waals surface area (Å²) in [6.07, 6.45) is 8.82. The Morgan fingerprint density at radius 1 is 1.29 bits per heavy atom. The fourth-order valence-corrected chi connectivity index (χ4v) is 5.43. The van der Waals surface area contributed by atoms with Gasteiger partial charge < -0.3 is 10.1 Å². The summed E-state index contributed by atoms with van der Waals surface area (Å²) in [5, 5.41) is 5.29. The van der Waals surface area contributed by atoms with Crippen molar-refractivity contribution >= 4 is 17.2 Å². The number of hydrogen-bond acceptors (Lipinski definition) is 4. The molecule has 3 heterocycles. The van der Waals surface area contributed by atoms with Crippen LogP contribution in [0.4, 0.5) is 0 Å². The van der Waals surface area contributed by atoms with Gasteiger partial charge in [0.15, 0.2) is 0 Å². The van der Waals surface area contributed by atoms with Crippen molar-refractivity contribution in [2.45, 2.75) is 57.1 Å². The molecule has 1 aliphatic carbocycles. The number of thiophene rings is 1. The summed E-state index contributed by atoms with van der Waals surface area (Å²) >= 11 is 1.81. The van der Waals surface area contributed by atoms with E-state index in [0.717, 1.165) is 38.6 Å². The van der Waals surface area contributed by atoms with Crippen molar-refractivity contribution in [2.75, 3.05) is 26.2 Å². The molecule has 2 aliphatic heterocycles. The molecule has 2 fully saturated rings. The predicted octanol–water partition coefficient (Wildman–Crippen LogP) is 3.13. The summed E-state index contributed by atoms with van der Waals surface area (Å²) in [6.45, 7) is 3.43. The molecule has 0 aromatic carbocycles. The van der Waals surface area contributed by atoms with E-state index in [1.165, 1.54) is 42.5 Å². The first-order valence-electron chi connectivity index (χ1n) is 9.51. The van der Waals surface area contributed by atoms with Crippen molar-refractivity contribution in [2.24, 2.45) is 5.92 Å². The Hall–Kier alpha value is -0.910. The van der Waals surface area contributed by atoms with Gasteiger partial charge in [-0.3, -0.25) is 9.69 Å². The van der Waals surface area contributed by atoms with Crippen molar-refractivity contribution in [3.63, 3.8) is 0 Å². The second-order valence-corrected chi connectivity index (χ2v) is 8.43. The minimum Gasteiger partial charge on any atom is -0.371 e. The summed E-state index contributed by atoms with van der Waals surface area (Å²) in [4.78, 5) is 16.6. The van der Waals surface area contributed by atoms with Crippen LogP contribution in [0.1, 0.15) is 55.1 Å². The fraction of sp³-hybridized carbons (Fsp3) is 0.737. The molecular formula is C19H28N2O2S. The van der Waals surface area contributed by atoms with Gasteiger partial charge in [-0.1, -0.05) is 19.3 Å². The molecule has 0 unspecified atom stereocenters. The minimum atomic E-state index is 0.0415. The number of nitrogens with one attached hydrogen (secondary N) is 1. The number of nitrogens with zero attached hydrogens (tertiary/aromatic N) is 1. The number of ether oxygens (including phenoxy) is 1. The van der Waals surface area contributed by atoms with Gasteiger partial charge in [0.05, 0.1) is 12.5 Å². The number of likely N-dealkylation sites (tertiary alicyclic amines) is 1. The third kappa shape index (κ3) is 3.53. The van der Waals surface area contributed by atoms with Gasteiger partial charge in [-0.2, -0.15) is 0 Å². The van der Waals surface area contributed by atoms with E-state index in [0.29, 0.717) is 6.54 Å². The quantitative estimate of drug-likeness (QED) is 0.909. The van der Waals surface area contributed by atoms with E-state index in [-0.39, 0.29) is 17.9 Å². The monoisotopic (exact) mass is 348 g/mol. The lowest BCUT2D eigenvalue weighted by atomic mass is 9.94. The SMILES string of the molecule is O=C(NC[C@@H]1OCCc2sccc21)[C@H]1CCN(C2CCCCC2)C1. The number of amides is 1. The molecule has 1 N–H and O–H groups in total. The molecule has 1 amide bonds. The standard InChI is InChI=1S/C19H28N2O2S/c22-19(14-6-9-21(13-14)15-4-2-1-3-5-15)20-12-17-16-8-11-24-18(16)7-10-23-17/h8,11,14-15,17H,1-7,9-10,12-13H2,(H,20,22)/t14-,17-/m0/s1. The van der Waals surface area contributed by atoms with Gasteiger partial charge in [0, 0.05) is 30.4 Å². The lowest BCUT2D eigenvalue weighted by Crippen LogP contribution is -2.39. The maximum absolute atomic E-state index is 12.6.